The smallest absolute Gasteiger partial charge is 0.224 e. The van der Waals surface area contributed by atoms with Gasteiger partial charge in [-0.25, -0.2) is 14.6 Å². The van der Waals surface area contributed by atoms with Gasteiger partial charge in [-0.2, -0.15) is 5.10 Å². The molecule has 3 aromatic rings. The van der Waals surface area contributed by atoms with Crippen molar-refractivity contribution in [3.05, 3.63) is 59.7 Å². The Morgan fingerprint density at radius 3 is 2.96 bits per heavy atom. The molecule has 0 unspecified atom stereocenters. The third-order valence-electron chi connectivity index (χ3n) is 4.04. The molecular formula is C18H16N4O2. The van der Waals surface area contributed by atoms with E-state index in [1.54, 1.807) is 16.9 Å². The molecule has 0 aliphatic heterocycles. The van der Waals surface area contributed by atoms with Crippen LogP contribution in [0, 0.1) is 6.92 Å². The number of hydrogen-bond donors (Lipinski definition) is 0. The van der Waals surface area contributed by atoms with Gasteiger partial charge >= 0.3 is 0 Å². The zero-order chi connectivity index (χ0) is 16.5. The maximum absolute atomic E-state index is 12.0. The minimum atomic E-state index is 0.146. The Balaban J connectivity index is 1.67. The highest BCUT2D eigenvalue weighted by atomic mass is 16.5. The molecular weight excluding hydrogens is 304 g/mol. The lowest BCUT2D eigenvalue weighted by Crippen LogP contribution is -2.13. The predicted octanol–water partition coefficient (Wildman–Crippen LogP) is 3.28. The summed E-state index contributed by atoms with van der Waals surface area (Å²) in [5, 5.41) is 4.33. The van der Waals surface area contributed by atoms with Crippen molar-refractivity contribution >= 4 is 5.78 Å². The number of hydrogen-bond acceptors (Lipinski definition) is 5. The van der Waals surface area contributed by atoms with Crippen LogP contribution in [-0.2, 0) is 6.42 Å². The molecule has 0 N–H and O–H groups in total. The lowest BCUT2D eigenvalue weighted by molar-refractivity contribution is 0.0972. The fourth-order valence-electron chi connectivity index (χ4n) is 2.90. The van der Waals surface area contributed by atoms with Crippen LogP contribution in [0.4, 0.5) is 0 Å². The topological polar surface area (TPSA) is 69.9 Å². The van der Waals surface area contributed by atoms with Crippen LogP contribution in [0.3, 0.4) is 0 Å². The monoisotopic (exact) mass is 320 g/mol. The first kappa shape index (κ1) is 14.6. The molecule has 0 amide bonds. The standard InChI is InChI=1S/C18H16N4O2/c1-12-4-2-5-13(8-12)24-18-9-17(19-11-20-18)22-15-6-3-7-16(23)14(15)10-21-22/h2,4-5,8-11H,3,6-7H2,1H3. The average Bonchev–Trinajstić information content (AvgIpc) is 3.01. The van der Waals surface area contributed by atoms with Gasteiger partial charge in [-0.15, -0.1) is 0 Å². The Kier molecular flexibility index (Phi) is 3.57. The van der Waals surface area contributed by atoms with Crippen LogP contribution in [0.5, 0.6) is 11.6 Å². The average molecular weight is 320 g/mol. The van der Waals surface area contributed by atoms with Gasteiger partial charge in [0.25, 0.3) is 0 Å². The van der Waals surface area contributed by atoms with Crippen molar-refractivity contribution in [1.82, 2.24) is 19.7 Å². The lowest BCUT2D eigenvalue weighted by Gasteiger charge is -2.13. The van der Waals surface area contributed by atoms with E-state index in [9.17, 15) is 4.79 Å². The normalized spacial score (nSPS) is 13.6. The van der Waals surface area contributed by atoms with Crippen molar-refractivity contribution in [3.8, 4) is 17.4 Å². The molecule has 0 saturated carbocycles. The third kappa shape index (κ3) is 2.67. The van der Waals surface area contributed by atoms with Crippen LogP contribution in [0.25, 0.3) is 5.82 Å². The second kappa shape index (κ2) is 5.88. The Labute approximate surface area is 139 Å². The summed E-state index contributed by atoms with van der Waals surface area (Å²) in [6, 6.07) is 9.49. The number of nitrogens with zero attached hydrogens (tertiary/aromatic N) is 4. The van der Waals surface area contributed by atoms with Crippen LogP contribution < -0.4 is 4.74 Å². The van der Waals surface area contributed by atoms with Gasteiger partial charge in [0, 0.05) is 12.5 Å². The van der Waals surface area contributed by atoms with Gasteiger partial charge in [0.1, 0.15) is 12.1 Å². The summed E-state index contributed by atoms with van der Waals surface area (Å²) in [7, 11) is 0. The number of aromatic nitrogens is 4. The van der Waals surface area contributed by atoms with Gasteiger partial charge in [0.15, 0.2) is 11.6 Å². The highest BCUT2D eigenvalue weighted by Gasteiger charge is 2.23. The van der Waals surface area contributed by atoms with E-state index >= 15 is 0 Å². The van der Waals surface area contributed by atoms with Crippen LogP contribution in [-0.4, -0.2) is 25.5 Å². The van der Waals surface area contributed by atoms with E-state index < -0.39 is 0 Å². The number of aryl methyl sites for hydroxylation is 1. The number of fused-ring (bicyclic) bond motifs is 1. The highest BCUT2D eigenvalue weighted by Crippen LogP contribution is 2.25. The second-order valence-electron chi connectivity index (χ2n) is 5.83. The largest absolute Gasteiger partial charge is 0.439 e. The molecule has 0 spiro atoms. The molecule has 0 fully saturated rings. The van der Waals surface area contributed by atoms with E-state index in [1.165, 1.54) is 6.33 Å². The Hall–Kier alpha value is -3.02. The molecule has 2 aromatic heterocycles. The van der Waals surface area contributed by atoms with Crippen LogP contribution in [0.15, 0.2) is 42.9 Å². The fraction of sp³-hybridized carbons (Fsp3) is 0.222. The summed E-state index contributed by atoms with van der Waals surface area (Å²) in [4.78, 5) is 20.4. The molecule has 4 rings (SSSR count). The minimum Gasteiger partial charge on any atom is -0.439 e. The Morgan fingerprint density at radius 2 is 2.08 bits per heavy atom. The maximum atomic E-state index is 12.0. The van der Waals surface area contributed by atoms with Gasteiger partial charge in [0.2, 0.25) is 5.88 Å². The summed E-state index contributed by atoms with van der Waals surface area (Å²) >= 11 is 0. The van der Waals surface area contributed by atoms with E-state index in [0.29, 0.717) is 23.7 Å². The minimum absolute atomic E-state index is 0.146. The summed E-state index contributed by atoms with van der Waals surface area (Å²) < 4.78 is 7.51. The van der Waals surface area contributed by atoms with Crippen molar-refractivity contribution in [3.63, 3.8) is 0 Å². The van der Waals surface area contributed by atoms with E-state index in [0.717, 1.165) is 29.8 Å². The van der Waals surface area contributed by atoms with Gasteiger partial charge in [-0.1, -0.05) is 12.1 Å². The summed E-state index contributed by atoms with van der Waals surface area (Å²) in [6.07, 6.45) is 5.32. The van der Waals surface area contributed by atoms with Crippen molar-refractivity contribution in [1.29, 1.82) is 0 Å². The number of carbonyl (C=O) groups is 1. The van der Waals surface area contributed by atoms with Crippen LogP contribution in [0.2, 0.25) is 0 Å². The molecule has 0 atom stereocenters. The zero-order valence-electron chi connectivity index (χ0n) is 13.3. The summed E-state index contributed by atoms with van der Waals surface area (Å²) in [5.41, 5.74) is 2.72. The predicted molar refractivity (Wildman–Crippen MR) is 87.7 cm³/mol. The highest BCUT2D eigenvalue weighted by molar-refractivity contribution is 5.97. The number of ether oxygens (including phenoxy) is 1. The second-order valence-corrected chi connectivity index (χ2v) is 5.83. The van der Waals surface area contributed by atoms with E-state index in [1.807, 2.05) is 31.2 Å². The van der Waals surface area contributed by atoms with Gasteiger partial charge in [-0.3, -0.25) is 4.79 Å². The number of carbonyl (C=O) groups excluding carboxylic acids is 1. The summed E-state index contributed by atoms with van der Waals surface area (Å²) in [6.45, 7) is 2.01. The number of rotatable bonds is 3. The van der Waals surface area contributed by atoms with Crippen LogP contribution in [0.1, 0.15) is 34.5 Å². The molecule has 0 saturated heterocycles. The number of Topliss-reactive ketones (excluding diaryl/α,β-unsaturated/α-hetero) is 1. The van der Waals surface area contributed by atoms with E-state index in [2.05, 4.69) is 15.1 Å². The molecule has 6 heteroatoms. The molecule has 0 radical (unpaired) electrons. The van der Waals surface area contributed by atoms with Crippen molar-refractivity contribution in [2.45, 2.75) is 26.2 Å². The van der Waals surface area contributed by atoms with Gasteiger partial charge < -0.3 is 4.74 Å². The third-order valence-corrected chi connectivity index (χ3v) is 4.04. The number of benzene rings is 1. The van der Waals surface area contributed by atoms with Crippen molar-refractivity contribution < 1.29 is 9.53 Å². The SMILES string of the molecule is Cc1cccc(Oc2cc(-n3ncc4c3CCCC4=O)ncn2)c1. The van der Waals surface area contributed by atoms with Gasteiger partial charge in [0.05, 0.1) is 17.5 Å². The first-order valence-electron chi connectivity index (χ1n) is 7.88. The van der Waals surface area contributed by atoms with E-state index in [-0.39, 0.29) is 5.78 Å². The number of ketones is 1. The molecule has 24 heavy (non-hydrogen) atoms. The first-order valence-corrected chi connectivity index (χ1v) is 7.88. The molecule has 6 nitrogen and oxygen atoms in total. The van der Waals surface area contributed by atoms with E-state index in [4.69, 9.17) is 4.74 Å². The molecule has 1 aliphatic carbocycles. The Morgan fingerprint density at radius 1 is 1.17 bits per heavy atom. The molecule has 0 bridgehead atoms. The Bertz CT molecular complexity index is 917. The summed E-state index contributed by atoms with van der Waals surface area (Å²) in [5.74, 6) is 1.91. The lowest BCUT2D eigenvalue weighted by atomic mass is 9.97. The molecule has 1 aliphatic rings. The van der Waals surface area contributed by atoms with Gasteiger partial charge in [-0.05, 0) is 37.5 Å². The maximum Gasteiger partial charge on any atom is 0.224 e. The van der Waals surface area contributed by atoms with Crippen molar-refractivity contribution in [2.75, 3.05) is 0 Å². The van der Waals surface area contributed by atoms with Crippen molar-refractivity contribution in [2.24, 2.45) is 0 Å². The van der Waals surface area contributed by atoms with Crippen LogP contribution >= 0.6 is 0 Å². The first-order chi connectivity index (χ1) is 11.7. The molecule has 120 valence electrons. The molecule has 1 aromatic carbocycles. The zero-order valence-corrected chi connectivity index (χ0v) is 13.3. The molecule has 2 heterocycles. The fourth-order valence-corrected chi connectivity index (χ4v) is 2.90. The quantitative estimate of drug-likeness (QED) is 0.740.